The molecule has 0 fully saturated rings. The number of hydrogen-bond acceptors (Lipinski definition) is 2. The Morgan fingerprint density at radius 2 is 2.00 bits per heavy atom. The third kappa shape index (κ3) is 2.44. The van der Waals surface area contributed by atoms with Gasteiger partial charge in [0.05, 0.1) is 6.10 Å². The first-order chi connectivity index (χ1) is 8.11. The maximum absolute atomic E-state index is 5.70. The fourth-order valence-corrected chi connectivity index (χ4v) is 1.99. The molecule has 0 saturated heterocycles. The smallest absolute Gasteiger partial charge is 0.120 e. The van der Waals surface area contributed by atoms with Gasteiger partial charge < -0.3 is 15.0 Å². The molecule has 1 heterocycles. The second-order valence-corrected chi connectivity index (χ2v) is 4.69. The summed E-state index contributed by atoms with van der Waals surface area (Å²) in [5.41, 5.74) is 6.91. The number of aromatic nitrogens is 1. The van der Waals surface area contributed by atoms with Crippen LogP contribution in [0.15, 0.2) is 30.5 Å². The molecule has 0 aliphatic carbocycles. The van der Waals surface area contributed by atoms with E-state index in [2.05, 4.69) is 35.9 Å². The van der Waals surface area contributed by atoms with Gasteiger partial charge in [-0.25, -0.2) is 0 Å². The number of nitrogens with two attached hydrogens (primary N) is 1. The molecule has 92 valence electrons. The highest BCUT2D eigenvalue weighted by Crippen LogP contribution is 2.24. The molecule has 3 nitrogen and oxygen atoms in total. The van der Waals surface area contributed by atoms with Crippen LogP contribution in [0.4, 0.5) is 0 Å². The van der Waals surface area contributed by atoms with Crippen LogP contribution in [-0.2, 0) is 0 Å². The van der Waals surface area contributed by atoms with Gasteiger partial charge in [0.2, 0.25) is 0 Å². The van der Waals surface area contributed by atoms with Gasteiger partial charge in [-0.2, -0.15) is 0 Å². The van der Waals surface area contributed by atoms with Crippen LogP contribution in [0.25, 0.3) is 10.9 Å². The van der Waals surface area contributed by atoms with Crippen molar-refractivity contribution in [1.82, 2.24) is 4.57 Å². The summed E-state index contributed by atoms with van der Waals surface area (Å²) in [7, 11) is 0. The lowest BCUT2D eigenvalue weighted by Crippen LogP contribution is -2.14. The van der Waals surface area contributed by atoms with E-state index in [9.17, 15) is 0 Å². The number of ether oxygens (including phenoxy) is 1. The van der Waals surface area contributed by atoms with E-state index in [1.165, 1.54) is 10.9 Å². The maximum atomic E-state index is 5.70. The van der Waals surface area contributed by atoms with Crippen LogP contribution in [0, 0.1) is 0 Å². The van der Waals surface area contributed by atoms with E-state index in [0.29, 0.717) is 12.6 Å². The first-order valence-electron chi connectivity index (χ1n) is 6.09. The number of nitrogens with zero attached hydrogens (tertiary/aromatic N) is 1. The molecule has 2 N–H and O–H groups in total. The highest BCUT2D eigenvalue weighted by Gasteiger charge is 2.07. The van der Waals surface area contributed by atoms with Crippen molar-refractivity contribution >= 4 is 10.9 Å². The van der Waals surface area contributed by atoms with Crippen LogP contribution in [0.1, 0.15) is 26.8 Å². The lowest BCUT2D eigenvalue weighted by atomic mass is 10.2. The molecule has 1 aromatic heterocycles. The fraction of sp³-hybridized carbons (Fsp3) is 0.429. The van der Waals surface area contributed by atoms with E-state index in [4.69, 9.17) is 10.5 Å². The Hall–Kier alpha value is -1.48. The summed E-state index contributed by atoms with van der Waals surface area (Å²) in [4.78, 5) is 0. The number of benzene rings is 1. The Morgan fingerprint density at radius 3 is 2.65 bits per heavy atom. The highest BCUT2D eigenvalue weighted by molar-refractivity contribution is 5.81. The first kappa shape index (κ1) is 12.0. The second kappa shape index (κ2) is 4.80. The van der Waals surface area contributed by atoms with Crippen LogP contribution < -0.4 is 10.5 Å². The quantitative estimate of drug-likeness (QED) is 0.880. The van der Waals surface area contributed by atoms with E-state index >= 15 is 0 Å². The summed E-state index contributed by atoms with van der Waals surface area (Å²) in [6.07, 6.45) is 2.29. The molecule has 0 amide bonds. The molecule has 17 heavy (non-hydrogen) atoms. The average Bonchev–Trinajstić information content (AvgIpc) is 2.70. The molecule has 0 aliphatic heterocycles. The van der Waals surface area contributed by atoms with Crippen molar-refractivity contribution in [2.24, 2.45) is 5.73 Å². The molecule has 0 aliphatic rings. The van der Waals surface area contributed by atoms with Crippen LogP contribution in [0.2, 0.25) is 0 Å². The standard InChI is InChI=1S/C14H20N2O/c1-10(2)17-13-4-5-14-12(8-13)6-7-16(14)11(3)9-15/h4-8,10-11H,9,15H2,1-3H3. The van der Waals surface area contributed by atoms with Crippen LogP contribution >= 0.6 is 0 Å². The number of rotatable bonds is 4. The predicted octanol–water partition coefficient (Wildman–Crippen LogP) is 2.95. The number of fused-ring (bicyclic) bond motifs is 1. The molecule has 0 radical (unpaired) electrons. The van der Waals surface area contributed by atoms with E-state index in [1.807, 2.05) is 19.9 Å². The minimum atomic E-state index is 0.206. The Labute approximate surface area is 102 Å². The summed E-state index contributed by atoms with van der Waals surface area (Å²) in [5, 5.41) is 1.20. The monoisotopic (exact) mass is 232 g/mol. The summed E-state index contributed by atoms with van der Waals surface area (Å²) in [6.45, 7) is 6.84. The lowest BCUT2D eigenvalue weighted by molar-refractivity contribution is 0.243. The molecule has 3 heteroatoms. The number of hydrogen-bond donors (Lipinski definition) is 1. The van der Waals surface area contributed by atoms with Gasteiger partial charge in [-0.05, 0) is 45.0 Å². The van der Waals surface area contributed by atoms with Crippen molar-refractivity contribution in [2.75, 3.05) is 6.54 Å². The van der Waals surface area contributed by atoms with Crippen molar-refractivity contribution < 1.29 is 4.74 Å². The molecule has 2 aromatic rings. The van der Waals surface area contributed by atoms with Gasteiger partial charge in [0, 0.05) is 29.7 Å². The minimum Gasteiger partial charge on any atom is -0.491 e. The summed E-state index contributed by atoms with van der Waals surface area (Å²) < 4.78 is 7.89. The summed E-state index contributed by atoms with van der Waals surface area (Å²) in [6, 6.07) is 8.62. The zero-order chi connectivity index (χ0) is 12.4. The molecular formula is C14H20N2O. The van der Waals surface area contributed by atoms with Crippen molar-refractivity contribution in [3.63, 3.8) is 0 Å². The maximum Gasteiger partial charge on any atom is 0.120 e. The molecule has 1 atom stereocenters. The lowest BCUT2D eigenvalue weighted by Gasteiger charge is -2.13. The highest BCUT2D eigenvalue weighted by atomic mass is 16.5. The molecular weight excluding hydrogens is 212 g/mol. The van der Waals surface area contributed by atoms with Crippen molar-refractivity contribution in [3.05, 3.63) is 30.5 Å². The zero-order valence-corrected chi connectivity index (χ0v) is 10.7. The summed E-state index contributed by atoms with van der Waals surface area (Å²) >= 11 is 0. The molecule has 1 unspecified atom stereocenters. The minimum absolute atomic E-state index is 0.206. The van der Waals surface area contributed by atoms with Gasteiger partial charge in [0.15, 0.2) is 0 Å². The Bertz CT molecular complexity index is 502. The van der Waals surface area contributed by atoms with Crippen molar-refractivity contribution in [2.45, 2.75) is 32.9 Å². The topological polar surface area (TPSA) is 40.2 Å². The van der Waals surface area contributed by atoms with Crippen molar-refractivity contribution in [1.29, 1.82) is 0 Å². The van der Waals surface area contributed by atoms with Crippen LogP contribution in [-0.4, -0.2) is 17.2 Å². The van der Waals surface area contributed by atoms with Crippen LogP contribution in [0.3, 0.4) is 0 Å². The van der Waals surface area contributed by atoms with Gasteiger partial charge in [-0.15, -0.1) is 0 Å². The first-order valence-corrected chi connectivity index (χ1v) is 6.09. The van der Waals surface area contributed by atoms with E-state index in [-0.39, 0.29) is 6.10 Å². The van der Waals surface area contributed by atoms with Gasteiger partial charge in [0.25, 0.3) is 0 Å². The molecule has 0 spiro atoms. The summed E-state index contributed by atoms with van der Waals surface area (Å²) in [5.74, 6) is 0.922. The van der Waals surface area contributed by atoms with Gasteiger partial charge in [-0.3, -0.25) is 0 Å². The van der Waals surface area contributed by atoms with E-state index in [0.717, 1.165) is 5.75 Å². The second-order valence-electron chi connectivity index (χ2n) is 4.69. The SMILES string of the molecule is CC(C)Oc1ccc2c(ccn2C(C)CN)c1. The third-order valence-corrected chi connectivity index (χ3v) is 2.88. The molecule has 1 aromatic carbocycles. The fourth-order valence-electron chi connectivity index (χ4n) is 1.99. The van der Waals surface area contributed by atoms with Gasteiger partial charge >= 0.3 is 0 Å². The average molecular weight is 232 g/mol. The largest absolute Gasteiger partial charge is 0.491 e. The van der Waals surface area contributed by atoms with Crippen molar-refractivity contribution in [3.8, 4) is 5.75 Å². The van der Waals surface area contributed by atoms with E-state index < -0.39 is 0 Å². The molecule has 0 bridgehead atoms. The predicted molar refractivity (Wildman–Crippen MR) is 71.5 cm³/mol. The van der Waals surface area contributed by atoms with Crippen LogP contribution in [0.5, 0.6) is 5.75 Å². The third-order valence-electron chi connectivity index (χ3n) is 2.88. The Kier molecular flexibility index (Phi) is 3.38. The Morgan fingerprint density at radius 1 is 1.24 bits per heavy atom. The normalized spacial score (nSPS) is 13.2. The Balaban J connectivity index is 2.37. The molecule has 2 rings (SSSR count). The molecule has 0 saturated carbocycles. The van der Waals surface area contributed by atoms with Gasteiger partial charge in [0.1, 0.15) is 5.75 Å². The van der Waals surface area contributed by atoms with E-state index in [1.54, 1.807) is 0 Å². The zero-order valence-electron chi connectivity index (χ0n) is 10.7. The van der Waals surface area contributed by atoms with Gasteiger partial charge in [-0.1, -0.05) is 0 Å².